The number of hydrazone groups is 1. The van der Waals surface area contributed by atoms with Crippen LogP contribution in [0.4, 0.5) is 0 Å². The third-order valence-corrected chi connectivity index (χ3v) is 4.71. The third kappa shape index (κ3) is 6.25. The maximum absolute atomic E-state index is 11.8. The number of hydrogen-bond donors (Lipinski definition) is 1. The van der Waals surface area contributed by atoms with Crippen molar-refractivity contribution in [3.63, 3.8) is 0 Å². The summed E-state index contributed by atoms with van der Waals surface area (Å²) in [5.74, 6) is 0.0312. The number of rotatable bonds is 7. The quantitative estimate of drug-likeness (QED) is 0.268. The van der Waals surface area contributed by atoms with Crippen LogP contribution in [0.25, 0.3) is 0 Å². The van der Waals surface area contributed by atoms with Gasteiger partial charge in [-0.05, 0) is 18.1 Å². The van der Waals surface area contributed by atoms with Gasteiger partial charge in [0.05, 0.1) is 12.0 Å². The number of thioether (sulfide) groups is 3. The molecule has 1 aromatic carbocycles. The summed E-state index contributed by atoms with van der Waals surface area (Å²) in [6.45, 7) is 0. The molecule has 1 aromatic heterocycles. The molecule has 1 N–H and O–H groups in total. The molecular weight excluding hydrogens is 348 g/mol. The molecule has 0 unspecified atom stereocenters. The largest absolute Gasteiger partial charge is 0.272 e. The van der Waals surface area contributed by atoms with Crippen LogP contribution in [0.5, 0.6) is 0 Å². The van der Waals surface area contributed by atoms with Crippen LogP contribution in [0.3, 0.4) is 0 Å². The molecule has 0 saturated heterocycles. The van der Waals surface area contributed by atoms with Crippen molar-refractivity contribution in [1.29, 1.82) is 0 Å². The highest BCUT2D eigenvalue weighted by Crippen LogP contribution is 2.23. The van der Waals surface area contributed by atoms with E-state index in [1.54, 1.807) is 29.7 Å². The second-order valence-corrected chi connectivity index (χ2v) is 6.82. The summed E-state index contributed by atoms with van der Waals surface area (Å²) in [6.07, 6.45) is 5.54. The van der Waals surface area contributed by atoms with Gasteiger partial charge >= 0.3 is 0 Å². The Hall–Kier alpha value is -1.51. The van der Waals surface area contributed by atoms with E-state index < -0.39 is 0 Å². The normalized spacial score (nSPS) is 10.9. The standard InChI is InChI=1S/C15H16N4OS3/c1-21-13-8-14(22-2)18-15(17-13)23-10-12(20)19-16-9-11-6-4-3-5-7-11/h3-9H,10H2,1-2H3,(H,19,20). The second-order valence-electron chi connectivity index (χ2n) is 4.23. The minimum Gasteiger partial charge on any atom is -0.272 e. The fourth-order valence-corrected chi connectivity index (χ4v) is 3.19. The van der Waals surface area contributed by atoms with E-state index in [0.717, 1.165) is 15.6 Å². The van der Waals surface area contributed by atoms with Gasteiger partial charge in [-0.25, -0.2) is 15.4 Å². The van der Waals surface area contributed by atoms with Crippen LogP contribution in [0.1, 0.15) is 5.56 Å². The summed E-state index contributed by atoms with van der Waals surface area (Å²) in [5, 5.41) is 6.33. The fourth-order valence-electron chi connectivity index (χ4n) is 1.54. The zero-order chi connectivity index (χ0) is 16.5. The SMILES string of the molecule is CSc1cc(SC)nc(SCC(=O)NN=Cc2ccccc2)n1. The first-order valence-electron chi connectivity index (χ1n) is 6.68. The van der Waals surface area contributed by atoms with E-state index >= 15 is 0 Å². The number of aromatic nitrogens is 2. The summed E-state index contributed by atoms with van der Waals surface area (Å²) in [6, 6.07) is 11.5. The van der Waals surface area contributed by atoms with Gasteiger partial charge in [-0.3, -0.25) is 4.79 Å². The molecule has 0 aliphatic heterocycles. The first-order chi connectivity index (χ1) is 11.2. The molecular formula is C15H16N4OS3. The van der Waals surface area contributed by atoms with Crippen molar-refractivity contribution in [2.75, 3.05) is 18.3 Å². The molecule has 0 aliphatic rings. The third-order valence-electron chi connectivity index (χ3n) is 2.61. The minimum absolute atomic E-state index is 0.189. The van der Waals surface area contributed by atoms with E-state index in [4.69, 9.17) is 0 Å². The van der Waals surface area contributed by atoms with Crippen LogP contribution < -0.4 is 5.43 Å². The molecule has 120 valence electrons. The average molecular weight is 365 g/mol. The van der Waals surface area contributed by atoms with Crippen molar-refractivity contribution in [2.24, 2.45) is 5.10 Å². The zero-order valence-electron chi connectivity index (χ0n) is 12.7. The summed E-state index contributed by atoms with van der Waals surface area (Å²) in [4.78, 5) is 20.6. The van der Waals surface area contributed by atoms with Gasteiger partial charge in [-0.15, -0.1) is 23.5 Å². The van der Waals surface area contributed by atoms with E-state index in [0.29, 0.717) is 5.16 Å². The Morgan fingerprint density at radius 1 is 1.17 bits per heavy atom. The molecule has 2 aromatic rings. The Morgan fingerprint density at radius 3 is 2.43 bits per heavy atom. The average Bonchev–Trinajstić information content (AvgIpc) is 2.60. The highest BCUT2D eigenvalue weighted by molar-refractivity contribution is 8.00. The smallest absolute Gasteiger partial charge is 0.250 e. The number of carbonyl (C=O) groups is 1. The van der Waals surface area contributed by atoms with Crippen molar-refractivity contribution in [1.82, 2.24) is 15.4 Å². The van der Waals surface area contributed by atoms with E-state index in [9.17, 15) is 4.79 Å². The van der Waals surface area contributed by atoms with Crippen molar-refractivity contribution < 1.29 is 4.79 Å². The molecule has 0 aliphatic carbocycles. The lowest BCUT2D eigenvalue weighted by Crippen LogP contribution is -2.19. The van der Waals surface area contributed by atoms with Gasteiger partial charge < -0.3 is 0 Å². The summed E-state index contributed by atoms with van der Waals surface area (Å²) in [5.41, 5.74) is 3.43. The van der Waals surface area contributed by atoms with E-state index in [2.05, 4.69) is 20.5 Å². The topological polar surface area (TPSA) is 67.2 Å². The summed E-state index contributed by atoms with van der Waals surface area (Å²) in [7, 11) is 0. The van der Waals surface area contributed by atoms with Gasteiger partial charge in [0.15, 0.2) is 5.16 Å². The van der Waals surface area contributed by atoms with Crippen molar-refractivity contribution in [3.05, 3.63) is 42.0 Å². The van der Waals surface area contributed by atoms with Crippen LogP contribution in [-0.4, -0.2) is 40.4 Å². The summed E-state index contributed by atoms with van der Waals surface area (Å²) < 4.78 is 0. The predicted octanol–water partition coefficient (Wildman–Crippen LogP) is 3.16. The number of nitrogens with one attached hydrogen (secondary N) is 1. The number of nitrogens with zero attached hydrogens (tertiary/aromatic N) is 3. The molecule has 0 fully saturated rings. The van der Waals surface area contributed by atoms with Crippen LogP contribution >= 0.6 is 35.3 Å². The highest BCUT2D eigenvalue weighted by Gasteiger charge is 2.07. The van der Waals surface area contributed by atoms with Crippen LogP contribution in [-0.2, 0) is 4.79 Å². The highest BCUT2D eigenvalue weighted by atomic mass is 32.2. The first kappa shape index (κ1) is 17.8. The molecule has 23 heavy (non-hydrogen) atoms. The van der Waals surface area contributed by atoms with Gasteiger partial charge in [-0.1, -0.05) is 42.1 Å². The van der Waals surface area contributed by atoms with E-state index in [1.165, 1.54) is 11.8 Å². The molecule has 0 radical (unpaired) electrons. The molecule has 0 bridgehead atoms. The van der Waals surface area contributed by atoms with E-state index in [-0.39, 0.29) is 11.7 Å². The van der Waals surface area contributed by atoms with Crippen molar-refractivity contribution in [2.45, 2.75) is 15.2 Å². The van der Waals surface area contributed by atoms with Crippen LogP contribution in [0, 0.1) is 0 Å². The Balaban J connectivity index is 1.85. The predicted molar refractivity (Wildman–Crippen MR) is 98.5 cm³/mol. The Labute approximate surface area is 148 Å². The number of hydrogen-bond acceptors (Lipinski definition) is 7. The molecule has 2 rings (SSSR count). The van der Waals surface area contributed by atoms with Crippen molar-refractivity contribution >= 4 is 47.4 Å². The van der Waals surface area contributed by atoms with Crippen molar-refractivity contribution in [3.8, 4) is 0 Å². The monoisotopic (exact) mass is 364 g/mol. The minimum atomic E-state index is -0.189. The molecule has 1 heterocycles. The number of amides is 1. The van der Waals surface area contributed by atoms with Gasteiger partial charge in [0.1, 0.15) is 10.1 Å². The lowest BCUT2D eigenvalue weighted by molar-refractivity contribution is -0.118. The van der Waals surface area contributed by atoms with E-state index in [1.807, 2.05) is 48.9 Å². The fraction of sp³-hybridized carbons (Fsp3) is 0.200. The Kier molecular flexibility index (Phi) is 7.44. The lowest BCUT2D eigenvalue weighted by Gasteiger charge is -2.04. The lowest BCUT2D eigenvalue weighted by atomic mass is 10.2. The Morgan fingerprint density at radius 2 is 1.83 bits per heavy atom. The molecule has 0 spiro atoms. The number of benzene rings is 1. The summed E-state index contributed by atoms with van der Waals surface area (Å²) >= 11 is 4.41. The Bertz CT molecular complexity index is 657. The zero-order valence-corrected chi connectivity index (χ0v) is 15.2. The maximum atomic E-state index is 11.8. The second kappa shape index (κ2) is 9.59. The van der Waals surface area contributed by atoms with Crippen LogP contribution in [0.2, 0.25) is 0 Å². The molecule has 5 nitrogen and oxygen atoms in total. The number of carbonyl (C=O) groups excluding carboxylic acids is 1. The van der Waals surface area contributed by atoms with Gasteiger partial charge in [0.25, 0.3) is 5.91 Å². The first-order valence-corrected chi connectivity index (χ1v) is 10.1. The van der Waals surface area contributed by atoms with Crippen LogP contribution in [0.15, 0.2) is 56.7 Å². The molecule has 8 heteroatoms. The molecule has 1 amide bonds. The van der Waals surface area contributed by atoms with Gasteiger partial charge in [0.2, 0.25) is 0 Å². The van der Waals surface area contributed by atoms with Gasteiger partial charge in [0, 0.05) is 6.07 Å². The maximum Gasteiger partial charge on any atom is 0.250 e. The van der Waals surface area contributed by atoms with Gasteiger partial charge in [-0.2, -0.15) is 5.10 Å². The molecule has 0 saturated carbocycles. The molecule has 0 atom stereocenters.